The van der Waals surface area contributed by atoms with E-state index in [0.717, 1.165) is 38.5 Å². The van der Waals surface area contributed by atoms with Crippen molar-refractivity contribution in [1.82, 2.24) is 0 Å². The summed E-state index contributed by atoms with van der Waals surface area (Å²) in [7, 11) is 0. The van der Waals surface area contributed by atoms with Gasteiger partial charge in [0.25, 0.3) is 0 Å². The molecule has 0 heterocycles. The fourth-order valence-corrected chi connectivity index (χ4v) is 9.00. The van der Waals surface area contributed by atoms with E-state index < -0.39 is 30.0 Å². The molecule has 4 saturated carbocycles. The molecule has 7 heteroatoms. The Labute approximate surface area is 197 Å². The molecular formula is C26H43NO6. The van der Waals surface area contributed by atoms with Gasteiger partial charge in [-0.3, -0.25) is 9.59 Å². The lowest BCUT2D eigenvalue weighted by Crippen LogP contribution is -2.62. The number of aliphatic carboxylic acids is 1. The van der Waals surface area contributed by atoms with Crippen LogP contribution in [0.25, 0.3) is 0 Å². The van der Waals surface area contributed by atoms with Crippen LogP contribution < -0.4 is 5.73 Å². The second-order valence-electron chi connectivity index (χ2n) is 12.3. The number of Topliss-reactive ketones (excluding diaryl/α,β-unsaturated/α-hetero) is 1. The van der Waals surface area contributed by atoms with Gasteiger partial charge in [0, 0.05) is 6.42 Å². The fourth-order valence-electron chi connectivity index (χ4n) is 9.00. The maximum atomic E-state index is 12.1. The van der Waals surface area contributed by atoms with Crippen molar-refractivity contribution in [1.29, 1.82) is 0 Å². The van der Waals surface area contributed by atoms with Crippen molar-refractivity contribution in [3.63, 3.8) is 0 Å². The van der Waals surface area contributed by atoms with Crippen LogP contribution in [0.4, 0.5) is 0 Å². The lowest BCUT2D eigenvalue weighted by Gasteiger charge is -2.63. The van der Waals surface area contributed by atoms with E-state index in [-0.39, 0.29) is 52.9 Å². The number of nitrogens with two attached hydrogens (primary N) is 1. The smallest absolute Gasteiger partial charge is 0.328 e. The Hall–Kier alpha value is -1.02. The van der Waals surface area contributed by atoms with E-state index >= 15 is 0 Å². The summed E-state index contributed by atoms with van der Waals surface area (Å²) in [5.41, 5.74) is 5.21. The SMILES string of the molecule is C[C@H](CCC(=O)C(N)C(=O)O)[C@H]1CCC2C3C(C[C@H](O)[C@@]21C)[C@@]1(C)CC[C@@H](O)CC1C[C@H]3O. The molecule has 0 aromatic carbocycles. The van der Waals surface area contributed by atoms with Crippen molar-refractivity contribution >= 4 is 11.8 Å². The lowest BCUT2D eigenvalue weighted by molar-refractivity contribution is -0.207. The van der Waals surface area contributed by atoms with E-state index in [1.54, 1.807) is 0 Å². The summed E-state index contributed by atoms with van der Waals surface area (Å²) in [6.07, 6.45) is 5.39. The first-order valence-corrected chi connectivity index (χ1v) is 13.0. The van der Waals surface area contributed by atoms with Crippen molar-refractivity contribution in [3.8, 4) is 0 Å². The molecule has 0 aromatic heterocycles. The van der Waals surface area contributed by atoms with Gasteiger partial charge in [-0.1, -0.05) is 20.8 Å². The topological polar surface area (TPSA) is 141 Å². The van der Waals surface area contributed by atoms with Crippen LogP contribution in [-0.2, 0) is 9.59 Å². The van der Waals surface area contributed by atoms with Gasteiger partial charge >= 0.3 is 5.97 Å². The summed E-state index contributed by atoms with van der Waals surface area (Å²) in [6, 6.07) is -1.47. The van der Waals surface area contributed by atoms with Crippen LogP contribution in [0.5, 0.6) is 0 Å². The van der Waals surface area contributed by atoms with E-state index in [4.69, 9.17) is 10.8 Å². The van der Waals surface area contributed by atoms with Crippen molar-refractivity contribution < 1.29 is 30.0 Å². The number of carbonyl (C=O) groups excluding carboxylic acids is 1. The van der Waals surface area contributed by atoms with Crippen LogP contribution in [0.3, 0.4) is 0 Å². The number of aliphatic hydroxyl groups is 3. The number of ketones is 1. The molecule has 0 aromatic rings. The molecule has 188 valence electrons. The molecule has 7 nitrogen and oxygen atoms in total. The number of carbonyl (C=O) groups is 2. The summed E-state index contributed by atoms with van der Waals surface area (Å²) >= 11 is 0. The molecule has 6 N–H and O–H groups in total. The van der Waals surface area contributed by atoms with Gasteiger partial charge in [0.05, 0.1) is 18.3 Å². The van der Waals surface area contributed by atoms with Gasteiger partial charge in [0.2, 0.25) is 0 Å². The molecule has 4 rings (SSSR count). The fraction of sp³-hybridized carbons (Fsp3) is 0.923. The summed E-state index contributed by atoms with van der Waals surface area (Å²) in [5, 5.41) is 42.1. The van der Waals surface area contributed by atoms with Gasteiger partial charge in [-0.15, -0.1) is 0 Å². The van der Waals surface area contributed by atoms with Crippen LogP contribution in [-0.4, -0.2) is 56.5 Å². The van der Waals surface area contributed by atoms with Gasteiger partial charge in [-0.05, 0) is 97.7 Å². The molecule has 12 atom stereocenters. The quantitative estimate of drug-likeness (QED) is 0.379. The second-order valence-corrected chi connectivity index (χ2v) is 12.3. The Morgan fingerprint density at radius 2 is 1.73 bits per heavy atom. The van der Waals surface area contributed by atoms with Crippen LogP contribution in [0, 0.1) is 46.3 Å². The number of hydrogen-bond acceptors (Lipinski definition) is 6. The highest BCUT2D eigenvalue weighted by atomic mass is 16.4. The number of carboxylic acid groups (broad SMARTS) is 1. The van der Waals surface area contributed by atoms with Gasteiger partial charge in [0.1, 0.15) is 0 Å². The number of carboxylic acids is 1. The highest BCUT2D eigenvalue weighted by Crippen LogP contribution is 2.68. The Bertz CT molecular complexity index is 774. The minimum Gasteiger partial charge on any atom is -0.480 e. The third-order valence-electron chi connectivity index (χ3n) is 11.0. The van der Waals surface area contributed by atoms with Crippen molar-refractivity contribution in [2.45, 2.75) is 103 Å². The minimum atomic E-state index is -1.47. The normalized spacial score (nSPS) is 48.8. The first kappa shape index (κ1) is 25.1. The molecule has 0 aliphatic heterocycles. The van der Waals surface area contributed by atoms with E-state index in [2.05, 4.69) is 20.8 Å². The standard InChI is InChI=1S/C26H43NO6/c1-13(4-7-19(29)23(27)24(32)33)16-5-6-17-22-18(12-21(31)26(16,17)3)25(2)9-8-15(28)10-14(25)11-20(22)30/h13-18,20-23,28,30-31H,4-12,27H2,1-3H3,(H,32,33)/t13-,14?,15-,16-,17?,18?,20-,21+,22?,23?,25+,26-/m1/s1. The Morgan fingerprint density at radius 3 is 2.39 bits per heavy atom. The van der Waals surface area contributed by atoms with Crippen LogP contribution >= 0.6 is 0 Å². The minimum absolute atomic E-state index is 0.0501. The van der Waals surface area contributed by atoms with Crippen LogP contribution in [0.15, 0.2) is 0 Å². The number of fused-ring (bicyclic) bond motifs is 5. The maximum Gasteiger partial charge on any atom is 0.328 e. The third-order valence-corrected chi connectivity index (χ3v) is 11.0. The van der Waals surface area contributed by atoms with Gasteiger partial charge in [0.15, 0.2) is 11.8 Å². The Balaban J connectivity index is 1.52. The summed E-state index contributed by atoms with van der Waals surface area (Å²) in [4.78, 5) is 23.2. The predicted molar refractivity (Wildman–Crippen MR) is 123 cm³/mol. The molecule has 0 radical (unpaired) electrons. The van der Waals surface area contributed by atoms with Crippen molar-refractivity contribution in [2.75, 3.05) is 0 Å². The number of aliphatic hydroxyl groups excluding tert-OH is 3. The zero-order valence-electron chi connectivity index (χ0n) is 20.3. The largest absolute Gasteiger partial charge is 0.480 e. The lowest BCUT2D eigenvalue weighted by atomic mass is 9.43. The summed E-state index contributed by atoms with van der Waals surface area (Å²) in [5.74, 6) is -0.402. The second kappa shape index (κ2) is 8.89. The molecule has 4 aliphatic rings. The first-order valence-electron chi connectivity index (χ1n) is 13.0. The van der Waals surface area contributed by atoms with E-state index in [9.17, 15) is 24.9 Å². The average molecular weight is 466 g/mol. The monoisotopic (exact) mass is 465 g/mol. The van der Waals surface area contributed by atoms with Crippen molar-refractivity contribution in [2.24, 2.45) is 52.1 Å². The summed E-state index contributed by atoms with van der Waals surface area (Å²) in [6.45, 7) is 6.62. The molecule has 5 unspecified atom stereocenters. The third kappa shape index (κ3) is 3.97. The van der Waals surface area contributed by atoms with Crippen LogP contribution in [0.2, 0.25) is 0 Å². The van der Waals surface area contributed by atoms with Gasteiger partial charge < -0.3 is 26.2 Å². The maximum absolute atomic E-state index is 12.1. The molecular weight excluding hydrogens is 422 g/mol. The number of hydrogen-bond donors (Lipinski definition) is 5. The van der Waals surface area contributed by atoms with E-state index in [1.165, 1.54) is 0 Å². The molecule has 4 fully saturated rings. The summed E-state index contributed by atoms with van der Waals surface area (Å²) < 4.78 is 0. The zero-order chi connectivity index (χ0) is 24.3. The van der Waals surface area contributed by atoms with Gasteiger partial charge in [-0.2, -0.15) is 0 Å². The van der Waals surface area contributed by atoms with Crippen LogP contribution in [0.1, 0.15) is 78.6 Å². The van der Waals surface area contributed by atoms with Gasteiger partial charge in [-0.25, -0.2) is 0 Å². The molecule has 4 aliphatic carbocycles. The highest BCUT2D eigenvalue weighted by Gasteiger charge is 2.65. The predicted octanol–water partition coefficient (Wildman–Crippen LogP) is 2.35. The molecule has 33 heavy (non-hydrogen) atoms. The van der Waals surface area contributed by atoms with E-state index in [0.29, 0.717) is 18.8 Å². The highest BCUT2D eigenvalue weighted by molar-refractivity contribution is 6.01. The average Bonchev–Trinajstić information content (AvgIpc) is 3.11. The molecule has 0 spiro atoms. The Kier molecular flexibility index (Phi) is 6.75. The molecule has 0 bridgehead atoms. The molecule has 0 saturated heterocycles. The number of rotatable bonds is 6. The molecule has 0 amide bonds. The van der Waals surface area contributed by atoms with E-state index in [1.807, 2.05) is 0 Å². The zero-order valence-corrected chi connectivity index (χ0v) is 20.3. The van der Waals surface area contributed by atoms with Crippen molar-refractivity contribution in [3.05, 3.63) is 0 Å². The first-order chi connectivity index (χ1) is 15.4. The Morgan fingerprint density at radius 1 is 1.03 bits per heavy atom.